The molecule has 0 atom stereocenters. The van der Waals surface area contributed by atoms with Gasteiger partial charge in [0.25, 0.3) is 0 Å². The van der Waals surface area contributed by atoms with Crippen molar-refractivity contribution < 1.29 is 9.13 Å². The molecule has 0 spiro atoms. The van der Waals surface area contributed by atoms with Crippen LogP contribution in [0.1, 0.15) is 44.1 Å². The zero-order chi connectivity index (χ0) is 13.3. The minimum atomic E-state index is -0.239. The molecule has 0 heterocycles. The van der Waals surface area contributed by atoms with Gasteiger partial charge in [-0.25, -0.2) is 4.39 Å². The van der Waals surface area contributed by atoms with E-state index in [0.29, 0.717) is 24.8 Å². The molecule has 0 aliphatic heterocycles. The summed E-state index contributed by atoms with van der Waals surface area (Å²) in [4.78, 5) is 0. The first-order chi connectivity index (χ1) is 9.23. The maximum Gasteiger partial charge on any atom is 0.165 e. The molecule has 2 fully saturated rings. The molecule has 1 aromatic carbocycles. The number of hydrogen-bond acceptors (Lipinski definition) is 2. The number of ether oxygens (including phenoxy) is 1. The third kappa shape index (κ3) is 2.36. The van der Waals surface area contributed by atoms with Crippen molar-refractivity contribution in [3.05, 3.63) is 29.6 Å². The van der Waals surface area contributed by atoms with Crippen LogP contribution >= 0.6 is 0 Å². The van der Waals surface area contributed by atoms with Gasteiger partial charge in [0.2, 0.25) is 0 Å². The molecule has 3 heteroatoms. The summed E-state index contributed by atoms with van der Waals surface area (Å²) in [5.41, 5.74) is 6.92. The zero-order valence-corrected chi connectivity index (χ0v) is 11.3. The lowest BCUT2D eigenvalue weighted by Gasteiger charge is -2.41. The van der Waals surface area contributed by atoms with Crippen LogP contribution in [0.4, 0.5) is 4.39 Å². The lowest BCUT2D eigenvalue weighted by atomic mass is 9.64. The van der Waals surface area contributed by atoms with Gasteiger partial charge in [0.15, 0.2) is 11.6 Å². The molecule has 19 heavy (non-hydrogen) atoms. The molecule has 0 radical (unpaired) electrons. The molecule has 0 amide bonds. The van der Waals surface area contributed by atoms with Crippen molar-refractivity contribution in [3.8, 4) is 5.75 Å². The summed E-state index contributed by atoms with van der Waals surface area (Å²) in [7, 11) is 0. The van der Waals surface area contributed by atoms with Crippen LogP contribution in [0.3, 0.4) is 0 Å². The molecule has 2 aliphatic carbocycles. The predicted molar refractivity (Wildman–Crippen MR) is 73.8 cm³/mol. The Kier molecular flexibility index (Phi) is 3.48. The molecule has 2 saturated carbocycles. The van der Waals surface area contributed by atoms with Crippen molar-refractivity contribution in [2.45, 2.75) is 43.9 Å². The van der Waals surface area contributed by atoms with Crippen LogP contribution in [-0.2, 0) is 5.41 Å². The fourth-order valence-corrected chi connectivity index (χ4v) is 3.03. The molecule has 2 aliphatic rings. The van der Waals surface area contributed by atoms with Gasteiger partial charge in [-0.1, -0.05) is 18.9 Å². The first-order valence-corrected chi connectivity index (χ1v) is 7.36. The topological polar surface area (TPSA) is 35.2 Å². The van der Waals surface area contributed by atoms with Crippen molar-refractivity contribution in [2.24, 2.45) is 11.7 Å². The van der Waals surface area contributed by atoms with Crippen LogP contribution in [0.5, 0.6) is 5.75 Å². The molecular weight excluding hydrogens is 241 g/mol. The Hall–Kier alpha value is -1.09. The van der Waals surface area contributed by atoms with Gasteiger partial charge >= 0.3 is 0 Å². The minimum Gasteiger partial charge on any atom is -0.490 e. The van der Waals surface area contributed by atoms with E-state index in [1.807, 2.05) is 6.07 Å². The van der Waals surface area contributed by atoms with Crippen LogP contribution in [0, 0.1) is 11.7 Å². The largest absolute Gasteiger partial charge is 0.490 e. The predicted octanol–water partition coefficient (Wildman–Crippen LogP) is 3.39. The molecule has 0 bridgehead atoms. The van der Waals surface area contributed by atoms with Gasteiger partial charge in [-0.15, -0.1) is 0 Å². The number of halogens is 1. The highest BCUT2D eigenvalue weighted by atomic mass is 19.1. The van der Waals surface area contributed by atoms with E-state index < -0.39 is 0 Å². The van der Waals surface area contributed by atoms with Gasteiger partial charge in [-0.2, -0.15) is 0 Å². The number of nitrogens with two attached hydrogens (primary N) is 1. The second kappa shape index (κ2) is 5.12. The average Bonchev–Trinajstić information content (AvgIpc) is 2.29. The third-order valence-corrected chi connectivity index (χ3v) is 4.94. The standard InChI is InChI=1S/C16H22FNO/c17-14-9-13(16(11-18)7-2-8-16)5-6-15(14)19-10-12-3-1-4-12/h5-6,9,12H,1-4,7-8,10-11,18H2. The highest BCUT2D eigenvalue weighted by Crippen LogP contribution is 2.43. The summed E-state index contributed by atoms with van der Waals surface area (Å²) in [5, 5.41) is 0. The third-order valence-electron chi connectivity index (χ3n) is 4.94. The average molecular weight is 263 g/mol. The molecule has 1 aromatic rings. The Morgan fingerprint density at radius 2 is 2.05 bits per heavy atom. The first-order valence-electron chi connectivity index (χ1n) is 7.36. The van der Waals surface area contributed by atoms with Crippen LogP contribution in [0.2, 0.25) is 0 Å². The molecule has 2 nitrogen and oxygen atoms in total. The molecule has 2 N–H and O–H groups in total. The van der Waals surface area contributed by atoms with Crippen molar-refractivity contribution in [1.82, 2.24) is 0 Å². The van der Waals surface area contributed by atoms with Crippen molar-refractivity contribution in [3.63, 3.8) is 0 Å². The zero-order valence-electron chi connectivity index (χ0n) is 11.3. The number of benzene rings is 1. The van der Waals surface area contributed by atoms with Gasteiger partial charge < -0.3 is 10.5 Å². The summed E-state index contributed by atoms with van der Waals surface area (Å²) in [6, 6.07) is 5.40. The maximum atomic E-state index is 14.1. The molecule has 104 valence electrons. The summed E-state index contributed by atoms with van der Waals surface area (Å²) in [6.45, 7) is 1.26. The van der Waals surface area contributed by atoms with E-state index >= 15 is 0 Å². The van der Waals surface area contributed by atoms with Crippen LogP contribution in [0.25, 0.3) is 0 Å². The Morgan fingerprint density at radius 1 is 1.26 bits per heavy atom. The van der Waals surface area contributed by atoms with E-state index in [0.717, 1.165) is 18.4 Å². The summed E-state index contributed by atoms with van der Waals surface area (Å²) < 4.78 is 19.7. The smallest absolute Gasteiger partial charge is 0.165 e. The highest BCUT2D eigenvalue weighted by Gasteiger charge is 2.37. The summed E-state index contributed by atoms with van der Waals surface area (Å²) in [5.74, 6) is 0.778. The van der Waals surface area contributed by atoms with Crippen molar-refractivity contribution >= 4 is 0 Å². The maximum absolute atomic E-state index is 14.1. The van der Waals surface area contributed by atoms with Crippen molar-refractivity contribution in [1.29, 1.82) is 0 Å². The molecule has 3 rings (SSSR count). The van der Waals surface area contributed by atoms with Gasteiger partial charge in [0.05, 0.1) is 6.61 Å². The van der Waals surface area contributed by atoms with Crippen molar-refractivity contribution in [2.75, 3.05) is 13.2 Å². The normalized spacial score (nSPS) is 21.6. The minimum absolute atomic E-state index is 0.0212. The van der Waals surface area contributed by atoms with E-state index in [9.17, 15) is 4.39 Å². The Labute approximate surface area is 114 Å². The number of hydrogen-bond donors (Lipinski definition) is 1. The first kappa shape index (κ1) is 12.9. The van der Waals surface area contributed by atoms with Crippen LogP contribution < -0.4 is 10.5 Å². The summed E-state index contributed by atoms with van der Waals surface area (Å²) in [6.07, 6.45) is 7.07. The van der Waals surface area contributed by atoms with E-state index in [4.69, 9.17) is 10.5 Å². The van der Waals surface area contributed by atoms with Crippen LogP contribution in [-0.4, -0.2) is 13.2 Å². The monoisotopic (exact) mass is 263 g/mol. The fourth-order valence-electron chi connectivity index (χ4n) is 3.03. The Bertz CT molecular complexity index is 447. The lowest BCUT2D eigenvalue weighted by molar-refractivity contribution is 0.175. The molecular formula is C16H22FNO. The fraction of sp³-hybridized carbons (Fsp3) is 0.625. The van der Waals surface area contributed by atoms with Gasteiger partial charge in [-0.3, -0.25) is 0 Å². The summed E-state index contributed by atoms with van der Waals surface area (Å²) >= 11 is 0. The second-order valence-corrected chi connectivity index (χ2v) is 6.09. The van der Waals surface area contributed by atoms with Crippen LogP contribution in [0.15, 0.2) is 18.2 Å². The van der Waals surface area contributed by atoms with Gasteiger partial charge in [-0.05, 0) is 49.3 Å². The molecule has 0 aromatic heterocycles. The van der Waals surface area contributed by atoms with Gasteiger partial charge in [0, 0.05) is 12.0 Å². The quantitative estimate of drug-likeness (QED) is 0.883. The van der Waals surface area contributed by atoms with E-state index in [1.165, 1.54) is 25.7 Å². The molecule has 0 saturated heterocycles. The number of rotatable bonds is 5. The van der Waals surface area contributed by atoms with E-state index in [1.54, 1.807) is 12.1 Å². The Morgan fingerprint density at radius 3 is 2.53 bits per heavy atom. The van der Waals surface area contributed by atoms with Gasteiger partial charge in [0.1, 0.15) is 0 Å². The van der Waals surface area contributed by atoms with E-state index in [2.05, 4.69) is 0 Å². The van der Waals surface area contributed by atoms with E-state index in [-0.39, 0.29) is 11.2 Å². The Balaban J connectivity index is 1.70. The molecule has 0 unspecified atom stereocenters. The second-order valence-electron chi connectivity index (χ2n) is 6.09. The SMILES string of the molecule is NCC1(c2ccc(OCC3CCC3)c(F)c2)CCC1. The highest BCUT2D eigenvalue weighted by molar-refractivity contribution is 5.35. The lowest BCUT2D eigenvalue weighted by Crippen LogP contribution is -2.41.